The van der Waals surface area contributed by atoms with Crippen LogP contribution in [-0.2, 0) is 11.3 Å². The van der Waals surface area contributed by atoms with Crippen LogP contribution < -0.4 is 14.8 Å². The predicted molar refractivity (Wildman–Crippen MR) is 115 cm³/mol. The smallest absolute Gasteiger partial charge is 0.324 e. The van der Waals surface area contributed by atoms with Gasteiger partial charge in [-0.25, -0.2) is 4.79 Å². The quantitative estimate of drug-likeness (QED) is 0.654. The minimum absolute atomic E-state index is 0.00437. The first-order valence-corrected chi connectivity index (χ1v) is 11.0. The van der Waals surface area contributed by atoms with Crippen LogP contribution in [0.25, 0.3) is 11.4 Å². The maximum absolute atomic E-state index is 13.2. The number of fused-ring (bicyclic) bond motifs is 2. The van der Waals surface area contributed by atoms with Crippen molar-refractivity contribution in [2.24, 2.45) is 5.92 Å². The number of carbonyl (C=O) groups excluding carboxylic acids is 2. The van der Waals surface area contributed by atoms with Gasteiger partial charge < -0.3 is 19.3 Å². The molecule has 1 saturated heterocycles. The average Bonchev–Trinajstić information content (AvgIpc) is 3.51. The molecule has 1 saturated carbocycles. The van der Waals surface area contributed by atoms with Crippen molar-refractivity contribution in [1.29, 1.82) is 0 Å². The van der Waals surface area contributed by atoms with Crippen molar-refractivity contribution >= 4 is 11.9 Å². The average molecular weight is 446 g/mol. The van der Waals surface area contributed by atoms with Crippen molar-refractivity contribution in [1.82, 2.24) is 20.4 Å². The SMILES string of the molecule is O=C1NC2CC(c3nc(-c4ccccc4)no3)CCC2C(=O)N1Cc1ccc2c(c1)OCO2. The van der Waals surface area contributed by atoms with Gasteiger partial charge in [0, 0.05) is 17.5 Å². The highest BCUT2D eigenvalue weighted by atomic mass is 16.7. The van der Waals surface area contributed by atoms with Crippen molar-refractivity contribution in [2.45, 2.75) is 37.8 Å². The van der Waals surface area contributed by atoms with Crippen LogP contribution in [0.15, 0.2) is 53.1 Å². The molecule has 1 aromatic heterocycles. The second-order valence-electron chi connectivity index (χ2n) is 8.61. The number of amides is 3. The first kappa shape index (κ1) is 19.8. The molecule has 168 valence electrons. The Morgan fingerprint density at radius 2 is 1.88 bits per heavy atom. The number of nitrogens with one attached hydrogen (secondary N) is 1. The van der Waals surface area contributed by atoms with Gasteiger partial charge in [0.25, 0.3) is 0 Å². The van der Waals surface area contributed by atoms with Crippen LogP contribution >= 0.6 is 0 Å². The van der Waals surface area contributed by atoms with E-state index in [1.165, 1.54) is 4.90 Å². The van der Waals surface area contributed by atoms with Crippen molar-refractivity contribution < 1.29 is 23.6 Å². The summed E-state index contributed by atoms with van der Waals surface area (Å²) < 4.78 is 16.3. The van der Waals surface area contributed by atoms with Gasteiger partial charge in [-0.1, -0.05) is 41.6 Å². The van der Waals surface area contributed by atoms with Crippen molar-refractivity contribution in [3.05, 3.63) is 60.0 Å². The topological polar surface area (TPSA) is 107 Å². The summed E-state index contributed by atoms with van der Waals surface area (Å²) in [5.74, 6) is 2.00. The first-order valence-electron chi connectivity index (χ1n) is 11.0. The molecular formula is C24H22N4O5. The molecule has 3 unspecified atom stereocenters. The molecule has 2 aliphatic heterocycles. The third-order valence-corrected chi connectivity index (χ3v) is 6.59. The van der Waals surface area contributed by atoms with E-state index in [0.717, 1.165) is 17.5 Å². The number of hydrogen-bond donors (Lipinski definition) is 1. The third kappa shape index (κ3) is 3.59. The summed E-state index contributed by atoms with van der Waals surface area (Å²) in [5, 5.41) is 7.14. The van der Waals surface area contributed by atoms with Gasteiger partial charge in [-0.2, -0.15) is 4.98 Å². The maximum Gasteiger partial charge on any atom is 0.324 e. The molecular weight excluding hydrogens is 424 g/mol. The molecule has 3 aliphatic rings. The summed E-state index contributed by atoms with van der Waals surface area (Å²) in [6.45, 7) is 0.373. The van der Waals surface area contributed by atoms with E-state index in [2.05, 4.69) is 15.5 Å². The lowest BCUT2D eigenvalue weighted by Gasteiger charge is -2.41. The molecule has 2 aromatic carbocycles. The summed E-state index contributed by atoms with van der Waals surface area (Å²) in [6, 6.07) is 14.5. The van der Waals surface area contributed by atoms with Crippen LogP contribution in [0.3, 0.4) is 0 Å². The zero-order chi connectivity index (χ0) is 22.4. The fourth-order valence-corrected chi connectivity index (χ4v) is 4.86. The van der Waals surface area contributed by atoms with Gasteiger partial charge in [0.1, 0.15) is 0 Å². The summed E-state index contributed by atoms with van der Waals surface area (Å²) in [7, 11) is 0. The van der Waals surface area contributed by atoms with Crippen LogP contribution in [0.2, 0.25) is 0 Å². The summed E-state index contributed by atoms with van der Waals surface area (Å²) in [4.78, 5) is 31.9. The Kier molecular flexibility index (Phi) is 4.74. The highest BCUT2D eigenvalue weighted by molar-refractivity contribution is 5.98. The fraction of sp³-hybridized carbons (Fsp3) is 0.333. The summed E-state index contributed by atoms with van der Waals surface area (Å²) in [6.07, 6.45) is 1.99. The van der Waals surface area contributed by atoms with Crippen molar-refractivity contribution in [3.8, 4) is 22.9 Å². The Morgan fingerprint density at radius 3 is 2.76 bits per heavy atom. The Morgan fingerprint density at radius 1 is 1.03 bits per heavy atom. The number of hydrogen-bond acceptors (Lipinski definition) is 7. The maximum atomic E-state index is 13.2. The van der Waals surface area contributed by atoms with Gasteiger partial charge in [0.05, 0.1) is 12.5 Å². The first-order chi connectivity index (χ1) is 16.2. The number of carbonyl (C=O) groups is 2. The number of aromatic nitrogens is 2. The molecule has 33 heavy (non-hydrogen) atoms. The second kappa shape index (κ2) is 7.91. The molecule has 9 nitrogen and oxygen atoms in total. The van der Waals surface area contributed by atoms with Gasteiger partial charge in [-0.15, -0.1) is 0 Å². The molecule has 1 N–H and O–H groups in total. The lowest BCUT2D eigenvalue weighted by Crippen LogP contribution is -2.60. The highest BCUT2D eigenvalue weighted by Crippen LogP contribution is 2.39. The zero-order valence-electron chi connectivity index (χ0n) is 17.8. The fourth-order valence-electron chi connectivity index (χ4n) is 4.86. The van der Waals surface area contributed by atoms with Gasteiger partial charge in [0.15, 0.2) is 11.5 Å². The minimum Gasteiger partial charge on any atom is -0.454 e. The standard InChI is InChI=1S/C24H22N4O5/c29-23-17-8-7-16(22-26-21(27-33-22)15-4-2-1-3-5-15)11-18(17)25-24(30)28(23)12-14-6-9-19-20(10-14)32-13-31-19/h1-6,9-10,16-18H,7-8,11-13H2,(H,25,30). The van der Waals surface area contributed by atoms with E-state index in [1.807, 2.05) is 42.5 Å². The van der Waals surface area contributed by atoms with E-state index in [9.17, 15) is 9.59 Å². The van der Waals surface area contributed by atoms with Crippen molar-refractivity contribution in [3.63, 3.8) is 0 Å². The number of rotatable bonds is 4. The van der Waals surface area contributed by atoms with Gasteiger partial charge in [-0.3, -0.25) is 9.69 Å². The number of urea groups is 1. The minimum atomic E-state index is -0.380. The summed E-state index contributed by atoms with van der Waals surface area (Å²) in [5.41, 5.74) is 1.70. The van der Waals surface area contributed by atoms with Crippen molar-refractivity contribution in [2.75, 3.05) is 6.79 Å². The van der Waals surface area contributed by atoms with E-state index >= 15 is 0 Å². The molecule has 2 fully saturated rings. The molecule has 3 amide bonds. The van der Waals surface area contributed by atoms with E-state index in [4.69, 9.17) is 14.0 Å². The normalized spacial score (nSPS) is 23.9. The van der Waals surface area contributed by atoms with E-state index < -0.39 is 0 Å². The molecule has 0 bridgehead atoms. The Labute approximate surface area is 189 Å². The van der Waals surface area contributed by atoms with Crippen LogP contribution in [0.4, 0.5) is 4.79 Å². The Balaban J connectivity index is 1.15. The molecule has 6 rings (SSSR count). The largest absolute Gasteiger partial charge is 0.454 e. The van der Waals surface area contributed by atoms with Gasteiger partial charge in [0.2, 0.25) is 24.4 Å². The van der Waals surface area contributed by atoms with E-state index in [-0.39, 0.29) is 43.2 Å². The Bertz CT molecular complexity index is 1210. The van der Waals surface area contributed by atoms with Crippen LogP contribution in [0, 0.1) is 5.92 Å². The second-order valence-corrected chi connectivity index (χ2v) is 8.61. The zero-order valence-corrected chi connectivity index (χ0v) is 17.8. The molecule has 0 radical (unpaired) electrons. The molecule has 0 spiro atoms. The number of ether oxygens (including phenoxy) is 2. The van der Waals surface area contributed by atoms with Crippen LogP contribution in [-0.4, -0.2) is 39.8 Å². The lowest BCUT2D eigenvalue weighted by molar-refractivity contribution is -0.137. The molecule has 3 heterocycles. The van der Waals surface area contributed by atoms with Crippen LogP contribution in [0.1, 0.15) is 36.6 Å². The molecule has 3 aromatic rings. The van der Waals surface area contributed by atoms with E-state index in [1.54, 1.807) is 6.07 Å². The molecule has 9 heteroatoms. The summed E-state index contributed by atoms with van der Waals surface area (Å²) >= 11 is 0. The molecule has 3 atom stereocenters. The highest BCUT2D eigenvalue weighted by Gasteiger charge is 2.45. The number of imide groups is 1. The monoisotopic (exact) mass is 446 g/mol. The van der Waals surface area contributed by atoms with Gasteiger partial charge >= 0.3 is 6.03 Å². The third-order valence-electron chi connectivity index (χ3n) is 6.59. The lowest BCUT2D eigenvalue weighted by atomic mass is 9.76. The number of benzene rings is 2. The van der Waals surface area contributed by atoms with E-state index in [0.29, 0.717) is 36.1 Å². The molecule has 1 aliphatic carbocycles. The predicted octanol–water partition coefficient (Wildman–Crippen LogP) is 3.47. The van der Waals surface area contributed by atoms with Crippen LogP contribution in [0.5, 0.6) is 11.5 Å². The Hall–Kier alpha value is -3.88. The van der Waals surface area contributed by atoms with Gasteiger partial charge in [-0.05, 0) is 37.0 Å². The number of nitrogens with zero attached hydrogens (tertiary/aromatic N) is 3.